The van der Waals surface area contributed by atoms with E-state index in [1.807, 2.05) is 12.1 Å². The van der Waals surface area contributed by atoms with Gasteiger partial charge in [0, 0.05) is 12.1 Å². The molecule has 2 rings (SSSR count). The van der Waals surface area contributed by atoms with E-state index in [1.54, 1.807) is 14.2 Å². The van der Waals surface area contributed by atoms with Gasteiger partial charge in [0.2, 0.25) is 0 Å². The zero-order valence-corrected chi connectivity index (χ0v) is 12.0. The van der Waals surface area contributed by atoms with Gasteiger partial charge in [-0.3, -0.25) is 4.90 Å². The highest BCUT2D eigenvalue weighted by Gasteiger charge is 2.13. The molecule has 18 heavy (non-hydrogen) atoms. The summed E-state index contributed by atoms with van der Waals surface area (Å²) < 4.78 is 10.7. The quantitative estimate of drug-likeness (QED) is 0.840. The van der Waals surface area contributed by atoms with Crippen molar-refractivity contribution in [3.63, 3.8) is 0 Å². The highest BCUT2D eigenvalue weighted by atomic mass is 35.5. The van der Waals surface area contributed by atoms with E-state index in [-0.39, 0.29) is 12.4 Å². The maximum Gasteiger partial charge on any atom is 0.123 e. The Morgan fingerprint density at radius 2 is 1.78 bits per heavy atom. The standard InChI is InChI=1S/C14H21NO2.ClH/c1-16-13-6-7-14(17-2)12(10-13)11-15-8-4-3-5-9-15;/h6-7,10H,3-5,8-9,11H2,1-2H3;1H. The molecule has 1 aromatic rings. The number of hydrogen-bond donors (Lipinski definition) is 0. The number of hydrogen-bond acceptors (Lipinski definition) is 3. The number of methoxy groups -OCH3 is 2. The van der Waals surface area contributed by atoms with Crippen LogP contribution in [0.25, 0.3) is 0 Å². The highest BCUT2D eigenvalue weighted by Crippen LogP contribution is 2.26. The molecular weight excluding hydrogens is 250 g/mol. The topological polar surface area (TPSA) is 21.7 Å². The summed E-state index contributed by atoms with van der Waals surface area (Å²) in [4.78, 5) is 2.49. The maximum atomic E-state index is 5.40. The summed E-state index contributed by atoms with van der Waals surface area (Å²) in [6, 6.07) is 6.00. The van der Waals surface area contributed by atoms with E-state index in [1.165, 1.54) is 37.9 Å². The van der Waals surface area contributed by atoms with E-state index >= 15 is 0 Å². The van der Waals surface area contributed by atoms with Gasteiger partial charge in [-0.05, 0) is 44.1 Å². The molecule has 1 heterocycles. The van der Waals surface area contributed by atoms with Crippen molar-refractivity contribution in [3.05, 3.63) is 23.8 Å². The van der Waals surface area contributed by atoms with Gasteiger partial charge in [-0.15, -0.1) is 12.4 Å². The number of rotatable bonds is 4. The molecule has 1 aromatic carbocycles. The summed E-state index contributed by atoms with van der Waals surface area (Å²) in [6.07, 6.45) is 3.99. The van der Waals surface area contributed by atoms with Crippen molar-refractivity contribution in [2.24, 2.45) is 0 Å². The first-order valence-corrected chi connectivity index (χ1v) is 6.27. The second-order valence-electron chi connectivity index (χ2n) is 4.51. The third kappa shape index (κ3) is 3.79. The minimum Gasteiger partial charge on any atom is -0.497 e. The van der Waals surface area contributed by atoms with Gasteiger partial charge in [-0.1, -0.05) is 6.42 Å². The lowest BCUT2D eigenvalue weighted by atomic mass is 10.1. The second kappa shape index (κ2) is 7.49. The van der Waals surface area contributed by atoms with E-state index in [0.29, 0.717) is 0 Å². The molecule has 0 amide bonds. The maximum absolute atomic E-state index is 5.40. The molecule has 0 aromatic heterocycles. The predicted molar refractivity (Wildman–Crippen MR) is 75.9 cm³/mol. The van der Waals surface area contributed by atoms with E-state index in [9.17, 15) is 0 Å². The Morgan fingerprint density at radius 1 is 1.06 bits per heavy atom. The first-order valence-electron chi connectivity index (χ1n) is 6.27. The van der Waals surface area contributed by atoms with Crippen LogP contribution in [0.3, 0.4) is 0 Å². The smallest absolute Gasteiger partial charge is 0.123 e. The molecule has 1 fully saturated rings. The average molecular weight is 272 g/mol. The number of ether oxygens (including phenoxy) is 2. The largest absolute Gasteiger partial charge is 0.497 e. The molecule has 4 heteroatoms. The van der Waals surface area contributed by atoms with Crippen LogP contribution in [-0.4, -0.2) is 32.2 Å². The molecule has 1 aliphatic rings. The van der Waals surface area contributed by atoms with E-state index < -0.39 is 0 Å². The molecule has 0 bridgehead atoms. The van der Waals surface area contributed by atoms with Crippen LogP contribution in [-0.2, 0) is 6.54 Å². The Balaban J connectivity index is 0.00000162. The van der Waals surface area contributed by atoms with Gasteiger partial charge in [0.15, 0.2) is 0 Å². The van der Waals surface area contributed by atoms with Crippen LogP contribution < -0.4 is 9.47 Å². The molecule has 0 radical (unpaired) electrons. The van der Waals surface area contributed by atoms with Gasteiger partial charge in [-0.2, -0.15) is 0 Å². The predicted octanol–water partition coefficient (Wildman–Crippen LogP) is 3.11. The van der Waals surface area contributed by atoms with Crippen LogP contribution in [0.1, 0.15) is 24.8 Å². The number of piperidine rings is 1. The molecule has 0 unspecified atom stereocenters. The highest BCUT2D eigenvalue weighted by molar-refractivity contribution is 5.85. The lowest BCUT2D eigenvalue weighted by Gasteiger charge is -2.27. The zero-order valence-electron chi connectivity index (χ0n) is 11.1. The molecule has 3 nitrogen and oxygen atoms in total. The van der Waals surface area contributed by atoms with Crippen LogP contribution in [0.15, 0.2) is 18.2 Å². The molecule has 0 atom stereocenters. The molecule has 1 aliphatic heterocycles. The average Bonchev–Trinajstić information content (AvgIpc) is 2.40. The van der Waals surface area contributed by atoms with Crippen LogP contribution in [0.5, 0.6) is 11.5 Å². The number of halogens is 1. The van der Waals surface area contributed by atoms with E-state index in [0.717, 1.165) is 18.0 Å². The fourth-order valence-electron chi connectivity index (χ4n) is 2.36. The Labute approximate surface area is 115 Å². The monoisotopic (exact) mass is 271 g/mol. The van der Waals surface area contributed by atoms with Crippen molar-refractivity contribution in [1.29, 1.82) is 0 Å². The van der Waals surface area contributed by atoms with Crippen molar-refractivity contribution in [2.45, 2.75) is 25.8 Å². The van der Waals surface area contributed by atoms with E-state index in [2.05, 4.69) is 11.0 Å². The van der Waals surface area contributed by atoms with Gasteiger partial charge in [0.05, 0.1) is 14.2 Å². The third-order valence-electron chi connectivity index (χ3n) is 3.33. The Bertz CT molecular complexity index is 365. The molecule has 1 saturated heterocycles. The molecular formula is C14H22ClNO2. The first-order chi connectivity index (χ1) is 8.33. The lowest BCUT2D eigenvalue weighted by Crippen LogP contribution is -2.29. The molecule has 102 valence electrons. The van der Waals surface area contributed by atoms with Crippen LogP contribution in [0, 0.1) is 0 Å². The summed E-state index contributed by atoms with van der Waals surface area (Å²) in [5.41, 5.74) is 1.22. The van der Waals surface area contributed by atoms with Gasteiger partial charge >= 0.3 is 0 Å². The Morgan fingerprint density at radius 3 is 2.39 bits per heavy atom. The fourth-order valence-corrected chi connectivity index (χ4v) is 2.36. The van der Waals surface area contributed by atoms with Gasteiger partial charge in [0.1, 0.15) is 11.5 Å². The summed E-state index contributed by atoms with van der Waals surface area (Å²) in [6.45, 7) is 3.35. The number of nitrogens with zero attached hydrogens (tertiary/aromatic N) is 1. The summed E-state index contributed by atoms with van der Waals surface area (Å²) >= 11 is 0. The van der Waals surface area contributed by atoms with Crippen molar-refractivity contribution in [3.8, 4) is 11.5 Å². The molecule has 0 aliphatic carbocycles. The van der Waals surface area contributed by atoms with E-state index in [4.69, 9.17) is 9.47 Å². The summed E-state index contributed by atoms with van der Waals surface area (Å²) in [5, 5.41) is 0. The fraction of sp³-hybridized carbons (Fsp3) is 0.571. The molecule has 0 spiro atoms. The van der Waals surface area contributed by atoms with Gasteiger partial charge in [-0.25, -0.2) is 0 Å². The van der Waals surface area contributed by atoms with Gasteiger partial charge in [0.25, 0.3) is 0 Å². The Hall–Kier alpha value is -0.930. The second-order valence-corrected chi connectivity index (χ2v) is 4.51. The van der Waals surface area contributed by atoms with Crippen molar-refractivity contribution in [1.82, 2.24) is 4.90 Å². The zero-order chi connectivity index (χ0) is 12.1. The minimum atomic E-state index is 0. The third-order valence-corrected chi connectivity index (χ3v) is 3.33. The van der Waals surface area contributed by atoms with Gasteiger partial charge < -0.3 is 9.47 Å². The minimum absolute atomic E-state index is 0. The molecule has 0 N–H and O–H groups in total. The van der Waals surface area contributed by atoms with Crippen molar-refractivity contribution < 1.29 is 9.47 Å². The summed E-state index contributed by atoms with van der Waals surface area (Å²) in [5.74, 6) is 1.86. The number of benzene rings is 1. The van der Waals surface area contributed by atoms with Crippen molar-refractivity contribution in [2.75, 3.05) is 27.3 Å². The Kier molecular flexibility index (Phi) is 6.30. The van der Waals surface area contributed by atoms with Crippen LogP contribution >= 0.6 is 12.4 Å². The first kappa shape index (κ1) is 15.1. The van der Waals surface area contributed by atoms with Crippen LogP contribution in [0.4, 0.5) is 0 Å². The molecule has 0 saturated carbocycles. The lowest BCUT2D eigenvalue weighted by molar-refractivity contribution is 0.218. The van der Waals surface area contributed by atoms with Crippen molar-refractivity contribution >= 4 is 12.4 Å². The number of likely N-dealkylation sites (tertiary alicyclic amines) is 1. The van der Waals surface area contributed by atoms with Crippen LogP contribution in [0.2, 0.25) is 0 Å². The normalized spacial score (nSPS) is 15.9. The SMILES string of the molecule is COc1ccc(OC)c(CN2CCCCC2)c1.Cl. The summed E-state index contributed by atoms with van der Waals surface area (Å²) in [7, 11) is 3.42.